The number of ether oxygens (including phenoxy) is 4. The second kappa shape index (κ2) is 42.3. The molecule has 0 aliphatic carbocycles. The van der Waals surface area contributed by atoms with Crippen LogP contribution in [0.3, 0.4) is 0 Å². The van der Waals surface area contributed by atoms with E-state index in [9.17, 15) is 30.0 Å². The first kappa shape index (κ1) is 57.4. The summed E-state index contributed by atoms with van der Waals surface area (Å²) in [7, 11) is 0. The van der Waals surface area contributed by atoms with Crippen LogP contribution in [0, 0.1) is 0 Å². The van der Waals surface area contributed by atoms with Gasteiger partial charge in [-0.15, -0.1) is 0 Å². The van der Waals surface area contributed by atoms with Crippen molar-refractivity contribution in [1.82, 2.24) is 0 Å². The number of allylic oxidation sites excluding steroid dienone is 18. The highest BCUT2D eigenvalue weighted by Crippen LogP contribution is 2.22. The first-order chi connectivity index (χ1) is 30.8. The third kappa shape index (κ3) is 33.5. The molecule has 0 spiro atoms. The highest BCUT2D eigenvalue weighted by molar-refractivity contribution is 5.70. The fourth-order valence-electron chi connectivity index (χ4n) is 6.33. The fraction of sp³-hybridized carbons (Fsp3) is 0.623. The molecular formula is C53H84O10. The van der Waals surface area contributed by atoms with E-state index in [4.69, 9.17) is 18.9 Å². The van der Waals surface area contributed by atoms with Gasteiger partial charge in [0.2, 0.25) is 0 Å². The molecule has 0 amide bonds. The van der Waals surface area contributed by atoms with E-state index in [-0.39, 0.29) is 26.1 Å². The maximum absolute atomic E-state index is 12.8. The Balaban J connectivity index is 2.40. The molecule has 10 heteroatoms. The van der Waals surface area contributed by atoms with Crippen molar-refractivity contribution < 1.29 is 49.0 Å². The van der Waals surface area contributed by atoms with Crippen molar-refractivity contribution in [3.05, 3.63) is 109 Å². The van der Waals surface area contributed by atoms with E-state index in [1.54, 1.807) is 0 Å². The van der Waals surface area contributed by atoms with Crippen molar-refractivity contribution in [3.8, 4) is 0 Å². The summed E-state index contributed by atoms with van der Waals surface area (Å²) in [6.07, 6.45) is 51.0. The molecule has 6 atom stereocenters. The molecule has 0 bridgehead atoms. The Morgan fingerprint density at radius 2 is 0.921 bits per heavy atom. The number of aliphatic hydroxyl groups is 4. The lowest BCUT2D eigenvalue weighted by Crippen LogP contribution is -2.59. The van der Waals surface area contributed by atoms with E-state index in [1.807, 2.05) is 12.2 Å². The molecule has 1 fully saturated rings. The van der Waals surface area contributed by atoms with Gasteiger partial charge in [-0.3, -0.25) is 9.59 Å². The van der Waals surface area contributed by atoms with Crippen LogP contribution < -0.4 is 0 Å². The van der Waals surface area contributed by atoms with E-state index in [1.165, 1.54) is 51.4 Å². The average molecular weight is 881 g/mol. The molecule has 4 N–H and O–H groups in total. The van der Waals surface area contributed by atoms with Crippen LogP contribution >= 0.6 is 0 Å². The SMILES string of the molecule is CCCCC/C=C/C/C=C/C/C=C/C/C=C/C/C=C/CCC(=O)O[C@@H](COC(=O)CCCCC/C=C/C/C=C/C/C=C/C/C=C/CCCCC)CO[C@H]1O[C@@H](CO)[C@@H](O)C(O)C1O. The van der Waals surface area contributed by atoms with Crippen LogP contribution in [0.1, 0.15) is 155 Å². The highest BCUT2D eigenvalue weighted by atomic mass is 16.7. The lowest BCUT2D eigenvalue weighted by molar-refractivity contribution is -0.305. The van der Waals surface area contributed by atoms with Gasteiger partial charge in [0.1, 0.15) is 31.0 Å². The van der Waals surface area contributed by atoms with Crippen LogP contribution in [-0.2, 0) is 28.5 Å². The molecule has 1 aliphatic rings. The molecule has 63 heavy (non-hydrogen) atoms. The lowest BCUT2D eigenvalue weighted by Gasteiger charge is -2.39. The number of unbranched alkanes of at least 4 members (excludes halogenated alkanes) is 9. The van der Waals surface area contributed by atoms with Crippen LogP contribution in [-0.4, -0.2) is 89.0 Å². The maximum atomic E-state index is 12.8. The summed E-state index contributed by atoms with van der Waals surface area (Å²) in [6, 6.07) is 0. The van der Waals surface area contributed by atoms with Crippen molar-refractivity contribution in [2.75, 3.05) is 19.8 Å². The van der Waals surface area contributed by atoms with Gasteiger partial charge in [-0.2, -0.15) is 0 Å². The second-order valence-electron chi connectivity index (χ2n) is 15.8. The third-order valence-electron chi connectivity index (χ3n) is 10.1. The third-order valence-corrected chi connectivity index (χ3v) is 10.1. The maximum Gasteiger partial charge on any atom is 0.306 e. The van der Waals surface area contributed by atoms with Crippen molar-refractivity contribution in [3.63, 3.8) is 0 Å². The Morgan fingerprint density at radius 1 is 0.492 bits per heavy atom. The number of carbonyl (C=O) groups is 2. The predicted octanol–water partition coefficient (Wildman–Crippen LogP) is 10.9. The molecule has 1 heterocycles. The first-order valence-electron chi connectivity index (χ1n) is 24.0. The van der Waals surface area contributed by atoms with Gasteiger partial charge in [-0.05, 0) is 96.3 Å². The Kier molecular flexibility index (Phi) is 38.5. The van der Waals surface area contributed by atoms with Crippen LogP contribution in [0.4, 0.5) is 0 Å². The van der Waals surface area contributed by atoms with Gasteiger partial charge in [0.25, 0.3) is 0 Å². The molecule has 0 radical (unpaired) electrons. The number of rotatable bonds is 38. The second-order valence-corrected chi connectivity index (χ2v) is 15.8. The lowest BCUT2D eigenvalue weighted by atomic mass is 9.99. The van der Waals surface area contributed by atoms with Gasteiger partial charge in [-0.25, -0.2) is 0 Å². The van der Waals surface area contributed by atoms with Gasteiger partial charge in [0.05, 0.1) is 13.2 Å². The Labute approximate surface area is 380 Å². The number of carbonyl (C=O) groups excluding carboxylic acids is 2. The Bertz CT molecular complexity index is 1390. The fourth-order valence-corrected chi connectivity index (χ4v) is 6.33. The summed E-state index contributed by atoms with van der Waals surface area (Å²) in [6.45, 7) is 3.24. The summed E-state index contributed by atoms with van der Waals surface area (Å²) in [5.41, 5.74) is 0. The normalized spacial score (nSPS) is 20.5. The topological polar surface area (TPSA) is 152 Å². The largest absolute Gasteiger partial charge is 0.462 e. The van der Waals surface area contributed by atoms with Gasteiger partial charge in [0.15, 0.2) is 12.4 Å². The van der Waals surface area contributed by atoms with Gasteiger partial charge in [0, 0.05) is 12.8 Å². The minimum atomic E-state index is -1.62. The summed E-state index contributed by atoms with van der Waals surface area (Å²) in [4.78, 5) is 25.4. The average Bonchev–Trinajstić information content (AvgIpc) is 3.28. The van der Waals surface area contributed by atoms with Crippen LogP contribution in [0.5, 0.6) is 0 Å². The molecule has 1 aliphatic heterocycles. The van der Waals surface area contributed by atoms with E-state index in [2.05, 4.69) is 111 Å². The van der Waals surface area contributed by atoms with E-state index in [0.717, 1.165) is 64.2 Å². The van der Waals surface area contributed by atoms with Crippen molar-refractivity contribution in [2.45, 2.75) is 192 Å². The van der Waals surface area contributed by atoms with Crippen LogP contribution in [0.25, 0.3) is 0 Å². The zero-order valence-corrected chi connectivity index (χ0v) is 38.8. The molecule has 1 saturated heterocycles. The van der Waals surface area contributed by atoms with Gasteiger partial charge < -0.3 is 39.4 Å². The minimum absolute atomic E-state index is 0.0923. The minimum Gasteiger partial charge on any atom is -0.462 e. The molecule has 1 rings (SSSR count). The van der Waals surface area contributed by atoms with Crippen LogP contribution in [0.15, 0.2) is 109 Å². The molecule has 2 unspecified atom stereocenters. The highest BCUT2D eigenvalue weighted by Gasteiger charge is 2.44. The molecular weight excluding hydrogens is 797 g/mol. The first-order valence-corrected chi connectivity index (χ1v) is 24.0. The monoisotopic (exact) mass is 881 g/mol. The summed E-state index contributed by atoms with van der Waals surface area (Å²) in [5.74, 6) is -0.950. The summed E-state index contributed by atoms with van der Waals surface area (Å²) < 4.78 is 22.1. The number of esters is 2. The molecule has 0 saturated carbocycles. The van der Waals surface area contributed by atoms with Crippen LogP contribution in [0.2, 0.25) is 0 Å². The molecule has 0 aromatic heterocycles. The van der Waals surface area contributed by atoms with Gasteiger partial charge >= 0.3 is 11.9 Å². The van der Waals surface area contributed by atoms with Gasteiger partial charge in [-0.1, -0.05) is 155 Å². The quantitative estimate of drug-likeness (QED) is 0.0268. The molecule has 0 aromatic rings. The van der Waals surface area contributed by atoms with E-state index < -0.39 is 55.4 Å². The molecule has 0 aromatic carbocycles. The van der Waals surface area contributed by atoms with Crippen molar-refractivity contribution in [2.24, 2.45) is 0 Å². The molecule has 10 nitrogen and oxygen atoms in total. The Hall–Kier alpha value is -3.64. The van der Waals surface area contributed by atoms with Crippen molar-refractivity contribution in [1.29, 1.82) is 0 Å². The summed E-state index contributed by atoms with van der Waals surface area (Å²) >= 11 is 0. The molecule has 356 valence electrons. The number of aliphatic hydroxyl groups excluding tert-OH is 4. The van der Waals surface area contributed by atoms with Crippen molar-refractivity contribution >= 4 is 11.9 Å². The number of hydrogen-bond donors (Lipinski definition) is 4. The Morgan fingerprint density at radius 3 is 1.37 bits per heavy atom. The summed E-state index contributed by atoms with van der Waals surface area (Å²) in [5, 5.41) is 40.1. The zero-order valence-electron chi connectivity index (χ0n) is 38.8. The number of hydrogen-bond acceptors (Lipinski definition) is 10. The van der Waals surface area contributed by atoms with E-state index in [0.29, 0.717) is 12.8 Å². The van der Waals surface area contributed by atoms with E-state index >= 15 is 0 Å². The zero-order chi connectivity index (χ0) is 45.9. The predicted molar refractivity (Wildman–Crippen MR) is 256 cm³/mol. The standard InChI is InChI=1S/C53H84O10/c1-3-5-7-9-11-13-15-17-19-21-23-25-27-29-31-33-35-37-39-41-48(55)60-44-46(45-61-53-52(59)51(58)50(57)47(43-54)63-53)62-49(56)42-40-38-36-34-32-30-28-26-24-22-20-18-16-14-12-10-8-6-4-2/h11-14,17-20,23-26,29-32,36,38,46-47,50-54,57-59H,3-10,15-16,21-22,27-28,33-35,37,39-45H2,1-2H3/b13-11+,14-12+,19-17+,20-18+,25-23+,26-24+,31-29+,32-30+,38-36+/t46-,47-,50+,51?,52?,53-/m0/s1. The smallest absolute Gasteiger partial charge is 0.306 e.